The number of piperidine rings is 1. The average molecular weight is 207 g/mol. The molecule has 84 valence electrons. The Morgan fingerprint density at radius 1 is 1.27 bits per heavy atom. The van der Waals surface area contributed by atoms with Gasteiger partial charge in [-0.3, -0.25) is 4.90 Å². The number of morpholine rings is 1. The number of hydrogen-bond acceptors (Lipinski definition) is 2. The Kier molecular flexibility index (Phi) is 3.66. The molecule has 0 aromatic rings. The molecule has 2 bridgehead atoms. The summed E-state index contributed by atoms with van der Waals surface area (Å²) in [5, 5.41) is 0. The number of hydrogen-bond donors (Lipinski definition) is 0. The van der Waals surface area contributed by atoms with Crippen molar-refractivity contribution in [2.45, 2.75) is 45.2 Å². The number of fused-ring (bicyclic) bond motifs is 2. The Balaban J connectivity index is 1.93. The lowest BCUT2D eigenvalue weighted by atomic mass is 9.94. The molecule has 0 aromatic heterocycles. The van der Waals surface area contributed by atoms with E-state index in [1.165, 1.54) is 19.3 Å². The molecule has 0 spiro atoms. The van der Waals surface area contributed by atoms with Crippen molar-refractivity contribution < 1.29 is 4.74 Å². The van der Waals surface area contributed by atoms with E-state index in [4.69, 9.17) is 4.74 Å². The first-order valence-corrected chi connectivity index (χ1v) is 6.09. The van der Waals surface area contributed by atoms with Crippen LogP contribution in [-0.4, -0.2) is 36.7 Å². The molecule has 2 unspecified atom stereocenters. The summed E-state index contributed by atoms with van der Waals surface area (Å²) in [6.45, 7) is 7.07. The van der Waals surface area contributed by atoms with Crippen LogP contribution in [0.3, 0.4) is 0 Å². The van der Waals surface area contributed by atoms with Gasteiger partial charge in [0.1, 0.15) is 0 Å². The quantitative estimate of drug-likeness (QED) is 0.609. The van der Waals surface area contributed by atoms with E-state index in [2.05, 4.69) is 30.6 Å². The summed E-state index contributed by atoms with van der Waals surface area (Å²) in [5.41, 5.74) is 0. The van der Waals surface area contributed by atoms with E-state index < -0.39 is 0 Å². The molecule has 2 rings (SSSR count). The highest BCUT2D eigenvalue weighted by atomic mass is 16.5. The average Bonchev–Trinajstić information content (AvgIpc) is 2.16. The second kappa shape index (κ2) is 5.01. The van der Waals surface area contributed by atoms with Crippen LogP contribution < -0.4 is 0 Å². The van der Waals surface area contributed by atoms with Crippen molar-refractivity contribution in [1.29, 1.82) is 0 Å². The van der Waals surface area contributed by atoms with E-state index in [1.54, 1.807) is 0 Å². The van der Waals surface area contributed by atoms with Crippen molar-refractivity contribution in [3.8, 4) is 11.8 Å². The van der Waals surface area contributed by atoms with Gasteiger partial charge in [0.05, 0.1) is 19.8 Å². The lowest BCUT2D eigenvalue weighted by Gasteiger charge is -2.44. The molecule has 2 aliphatic heterocycles. The molecule has 2 heteroatoms. The topological polar surface area (TPSA) is 12.5 Å². The van der Waals surface area contributed by atoms with Crippen LogP contribution in [0.4, 0.5) is 0 Å². The predicted octanol–water partition coefficient (Wildman–Crippen LogP) is 1.90. The standard InChI is InChI=1S/C13H21NO/c1-11(2)5-4-8-14-12-6-3-7-13(14)10-15-9-12/h11-13H,3,6-10H2,1-2H3. The molecule has 0 radical (unpaired) electrons. The van der Waals surface area contributed by atoms with Gasteiger partial charge >= 0.3 is 0 Å². The zero-order chi connectivity index (χ0) is 10.7. The highest BCUT2D eigenvalue weighted by Gasteiger charge is 2.33. The summed E-state index contributed by atoms with van der Waals surface area (Å²) in [6.07, 6.45) is 3.95. The van der Waals surface area contributed by atoms with Crippen LogP contribution in [0.15, 0.2) is 0 Å². The lowest BCUT2D eigenvalue weighted by molar-refractivity contribution is -0.0664. The van der Waals surface area contributed by atoms with E-state index in [0.29, 0.717) is 18.0 Å². The van der Waals surface area contributed by atoms with Gasteiger partial charge in [-0.1, -0.05) is 32.1 Å². The molecular weight excluding hydrogens is 186 g/mol. The van der Waals surface area contributed by atoms with Gasteiger partial charge in [0.15, 0.2) is 0 Å². The van der Waals surface area contributed by atoms with E-state index in [-0.39, 0.29) is 0 Å². The molecule has 2 saturated heterocycles. The summed E-state index contributed by atoms with van der Waals surface area (Å²) in [7, 11) is 0. The van der Waals surface area contributed by atoms with Gasteiger partial charge in [0, 0.05) is 18.0 Å². The Labute approximate surface area is 93.0 Å². The van der Waals surface area contributed by atoms with Crippen LogP contribution in [0.25, 0.3) is 0 Å². The fourth-order valence-electron chi connectivity index (χ4n) is 2.52. The van der Waals surface area contributed by atoms with E-state index in [1.807, 2.05) is 0 Å². The van der Waals surface area contributed by atoms with Crippen LogP contribution in [0.5, 0.6) is 0 Å². The Hall–Kier alpha value is -0.520. The molecule has 0 aromatic carbocycles. The first-order chi connectivity index (χ1) is 7.27. The third-order valence-corrected chi connectivity index (χ3v) is 3.29. The van der Waals surface area contributed by atoms with Crippen molar-refractivity contribution in [2.24, 2.45) is 5.92 Å². The molecule has 0 N–H and O–H groups in total. The lowest BCUT2D eigenvalue weighted by Crippen LogP contribution is -2.54. The van der Waals surface area contributed by atoms with Crippen LogP contribution in [0, 0.1) is 17.8 Å². The Morgan fingerprint density at radius 3 is 2.53 bits per heavy atom. The fraction of sp³-hybridized carbons (Fsp3) is 0.846. The molecular formula is C13H21NO. The van der Waals surface area contributed by atoms with Gasteiger partial charge < -0.3 is 4.74 Å². The SMILES string of the molecule is CC(C)C#CCN1C2CCCC1COC2. The summed E-state index contributed by atoms with van der Waals surface area (Å²) >= 11 is 0. The highest BCUT2D eigenvalue weighted by molar-refractivity contribution is 5.05. The third kappa shape index (κ3) is 2.74. The molecule has 2 heterocycles. The van der Waals surface area contributed by atoms with E-state index >= 15 is 0 Å². The molecule has 15 heavy (non-hydrogen) atoms. The summed E-state index contributed by atoms with van der Waals surface area (Å²) < 4.78 is 5.60. The molecule has 0 aliphatic carbocycles. The maximum absolute atomic E-state index is 5.60. The van der Waals surface area contributed by atoms with Crippen molar-refractivity contribution in [3.63, 3.8) is 0 Å². The van der Waals surface area contributed by atoms with Crippen LogP contribution in [-0.2, 0) is 4.74 Å². The van der Waals surface area contributed by atoms with Crippen molar-refractivity contribution in [3.05, 3.63) is 0 Å². The molecule has 0 amide bonds. The molecule has 2 atom stereocenters. The van der Waals surface area contributed by atoms with Crippen molar-refractivity contribution >= 4 is 0 Å². The van der Waals surface area contributed by atoms with Crippen molar-refractivity contribution in [1.82, 2.24) is 4.90 Å². The van der Waals surface area contributed by atoms with Crippen LogP contribution >= 0.6 is 0 Å². The second-order valence-corrected chi connectivity index (χ2v) is 4.92. The fourth-order valence-corrected chi connectivity index (χ4v) is 2.52. The Bertz CT molecular complexity index is 241. The maximum atomic E-state index is 5.60. The molecule has 2 fully saturated rings. The van der Waals surface area contributed by atoms with Gasteiger partial charge in [0.25, 0.3) is 0 Å². The van der Waals surface area contributed by atoms with Crippen LogP contribution in [0.2, 0.25) is 0 Å². The van der Waals surface area contributed by atoms with Gasteiger partial charge in [-0.05, 0) is 12.8 Å². The van der Waals surface area contributed by atoms with Gasteiger partial charge in [-0.2, -0.15) is 0 Å². The number of nitrogens with zero attached hydrogens (tertiary/aromatic N) is 1. The van der Waals surface area contributed by atoms with E-state index in [9.17, 15) is 0 Å². The second-order valence-electron chi connectivity index (χ2n) is 4.92. The van der Waals surface area contributed by atoms with Crippen molar-refractivity contribution in [2.75, 3.05) is 19.8 Å². The highest BCUT2D eigenvalue weighted by Crippen LogP contribution is 2.26. The Morgan fingerprint density at radius 2 is 1.93 bits per heavy atom. The zero-order valence-corrected chi connectivity index (χ0v) is 9.83. The first kappa shape index (κ1) is 11.0. The third-order valence-electron chi connectivity index (χ3n) is 3.29. The molecule has 2 nitrogen and oxygen atoms in total. The first-order valence-electron chi connectivity index (χ1n) is 6.09. The number of rotatable bonds is 1. The zero-order valence-electron chi connectivity index (χ0n) is 9.83. The van der Waals surface area contributed by atoms with E-state index in [0.717, 1.165) is 19.8 Å². The number of ether oxygens (including phenoxy) is 1. The van der Waals surface area contributed by atoms with Gasteiger partial charge in [0.2, 0.25) is 0 Å². The minimum absolute atomic E-state index is 0.492. The predicted molar refractivity (Wildman–Crippen MR) is 61.6 cm³/mol. The minimum atomic E-state index is 0.492. The summed E-state index contributed by atoms with van der Waals surface area (Å²) in [6, 6.07) is 1.28. The smallest absolute Gasteiger partial charge is 0.0623 e. The van der Waals surface area contributed by atoms with Gasteiger partial charge in [-0.25, -0.2) is 0 Å². The summed E-state index contributed by atoms with van der Waals surface area (Å²) in [5.74, 6) is 7.04. The maximum Gasteiger partial charge on any atom is 0.0623 e. The molecule has 0 saturated carbocycles. The minimum Gasteiger partial charge on any atom is -0.378 e. The normalized spacial score (nSPS) is 31.1. The summed E-state index contributed by atoms with van der Waals surface area (Å²) in [4.78, 5) is 2.56. The largest absolute Gasteiger partial charge is 0.378 e. The monoisotopic (exact) mass is 207 g/mol. The van der Waals surface area contributed by atoms with Gasteiger partial charge in [-0.15, -0.1) is 0 Å². The molecule has 2 aliphatic rings. The van der Waals surface area contributed by atoms with Crippen LogP contribution in [0.1, 0.15) is 33.1 Å².